The lowest BCUT2D eigenvalue weighted by atomic mass is 9.96. The van der Waals surface area contributed by atoms with Gasteiger partial charge in [0.15, 0.2) is 0 Å². The Morgan fingerprint density at radius 2 is 1.80 bits per heavy atom. The predicted molar refractivity (Wildman–Crippen MR) is 117 cm³/mol. The number of benzene rings is 1. The minimum absolute atomic E-state index is 0.0555. The van der Waals surface area contributed by atoms with Gasteiger partial charge in [0.25, 0.3) is 5.56 Å². The van der Waals surface area contributed by atoms with Crippen LogP contribution in [0.3, 0.4) is 0 Å². The monoisotopic (exact) mass is 407 g/mol. The van der Waals surface area contributed by atoms with Crippen molar-refractivity contribution in [1.29, 1.82) is 0 Å². The topological polar surface area (TPSA) is 61.9 Å². The Hall–Kier alpha value is -2.83. The maximum Gasteiger partial charge on any atom is 0.260 e. The van der Waals surface area contributed by atoms with Crippen molar-refractivity contribution in [2.24, 2.45) is 0 Å². The van der Waals surface area contributed by atoms with Crippen molar-refractivity contribution in [3.63, 3.8) is 0 Å². The lowest BCUT2D eigenvalue weighted by Gasteiger charge is -2.39. The van der Waals surface area contributed by atoms with Gasteiger partial charge in [-0.05, 0) is 37.2 Å². The molecule has 0 bridgehead atoms. The van der Waals surface area contributed by atoms with E-state index < -0.39 is 0 Å². The highest BCUT2D eigenvalue weighted by atomic mass is 16.3. The van der Waals surface area contributed by atoms with E-state index in [1.54, 1.807) is 16.9 Å². The van der Waals surface area contributed by atoms with Crippen molar-refractivity contribution in [1.82, 2.24) is 14.4 Å². The van der Waals surface area contributed by atoms with Gasteiger partial charge < -0.3 is 19.0 Å². The van der Waals surface area contributed by atoms with Crippen LogP contribution in [0, 0.1) is 6.92 Å². The van der Waals surface area contributed by atoms with Gasteiger partial charge in [-0.3, -0.25) is 9.69 Å². The highest BCUT2D eigenvalue weighted by molar-refractivity contribution is 5.41. The maximum atomic E-state index is 13.6. The summed E-state index contributed by atoms with van der Waals surface area (Å²) in [5, 5.41) is 10.9. The van der Waals surface area contributed by atoms with E-state index in [9.17, 15) is 9.90 Å². The van der Waals surface area contributed by atoms with E-state index in [-0.39, 0.29) is 17.4 Å². The minimum Gasteiger partial charge on any atom is -0.507 e. The Morgan fingerprint density at radius 1 is 1.07 bits per heavy atom. The number of aromatic hydroxyl groups is 1. The van der Waals surface area contributed by atoms with Crippen LogP contribution < -0.4 is 5.56 Å². The van der Waals surface area contributed by atoms with E-state index >= 15 is 0 Å². The summed E-state index contributed by atoms with van der Waals surface area (Å²) in [7, 11) is 0. The first-order valence-corrected chi connectivity index (χ1v) is 10.6. The zero-order chi connectivity index (χ0) is 21.1. The Kier molecular flexibility index (Phi) is 6.06. The van der Waals surface area contributed by atoms with Crippen molar-refractivity contribution in [3.8, 4) is 5.75 Å². The Labute approximate surface area is 177 Å². The van der Waals surface area contributed by atoms with Crippen LogP contribution in [0.1, 0.15) is 35.5 Å². The van der Waals surface area contributed by atoms with Crippen molar-refractivity contribution in [2.45, 2.75) is 26.4 Å². The van der Waals surface area contributed by atoms with E-state index in [1.807, 2.05) is 49.4 Å². The summed E-state index contributed by atoms with van der Waals surface area (Å²) >= 11 is 0. The molecule has 0 radical (unpaired) electrons. The third-order valence-corrected chi connectivity index (χ3v) is 6.02. The number of piperazine rings is 1. The molecule has 6 heteroatoms. The van der Waals surface area contributed by atoms with Crippen LogP contribution in [0.15, 0.2) is 64.0 Å². The molecule has 3 aromatic rings. The van der Waals surface area contributed by atoms with E-state index in [1.165, 1.54) is 0 Å². The molecule has 1 atom stereocenters. The largest absolute Gasteiger partial charge is 0.507 e. The number of hydrogen-bond donors (Lipinski definition) is 1. The van der Waals surface area contributed by atoms with E-state index in [0.717, 1.165) is 38.3 Å². The molecule has 30 heavy (non-hydrogen) atoms. The summed E-state index contributed by atoms with van der Waals surface area (Å²) in [6.45, 7) is 8.97. The van der Waals surface area contributed by atoms with E-state index in [4.69, 9.17) is 4.42 Å². The van der Waals surface area contributed by atoms with Gasteiger partial charge in [0.2, 0.25) is 0 Å². The molecule has 0 spiro atoms. The number of rotatable bonds is 6. The molecule has 1 fully saturated rings. The van der Waals surface area contributed by atoms with Crippen molar-refractivity contribution in [3.05, 3.63) is 87.7 Å². The third kappa shape index (κ3) is 4.06. The number of aromatic nitrogens is 1. The average molecular weight is 408 g/mol. The first-order chi connectivity index (χ1) is 14.6. The van der Waals surface area contributed by atoms with E-state index in [2.05, 4.69) is 16.7 Å². The zero-order valence-corrected chi connectivity index (χ0v) is 17.6. The quantitative estimate of drug-likeness (QED) is 0.680. The van der Waals surface area contributed by atoms with Crippen LogP contribution in [0.25, 0.3) is 0 Å². The van der Waals surface area contributed by atoms with Gasteiger partial charge in [-0.1, -0.05) is 37.3 Å². The second kappa shape index (κ2) is 8.90. The molecule has 0 saturated carbocycles. The van der Waals surface area contributed by atoms with Gasteiger partial charge in [-0.2, -0.15) is 0 Å². The summed E-state index contributed by atoms with van der Waals surface area (Å²) in [6, 6.07) is 15.1. The highest BCUT2D eigenvalue weighted by Gasteiger charge is 2.31. The van der Waals surface area contributed by atoms with Gasteiger partial charge in [-0.25, -0.2) is 0 Å². The number of aryl methyl sites for hydroxylation is 1. The third-order valence-electron chi connectivity index (χ3n) is 6.02. The molecular weight excluding hydrogens is 378 g/mol. The molecular formula is C24H29N3O3. The molecule has 1 aliphatic rings. The number of pyridine rings is 1. The molecule has 1 N–H and O–H groups in total. The van der Waals surface area contributed by atoms with Crippen LogP contribution in [0.4, 0.5) is 0 Å². The second-order valence-corrected chi connectivity index (χ2v) is 7.84. The number of nitrogens with zero attached hydrogens (tertiary/aromatic N) is 3. The van der Waals surface area contributed by atoms with Gasteiger partial charge >= 0.3 is 0 Å². The van der Waals surface area contributed by atoms with Crippen LogP contribution >= 0.6 is 0 Å². The molecule has 3 heterocycles. The molecule has 4 rings (SSSR count). The van der Waals surface area contributed by atoms with Crippen molar-refractivity contribution < 1.29 is 9.52 Å². The summed E-state index contributed by atoms with van der Waals surface area (Å²) in [5.41, 5.74) is 1.99. The average Bonchev–Trinajstić information content (AvgIpc) is 3.28. The lowest BCUT2D eigenvalue weighted by Crippen LogP contribution is -2.48. The molecule has 1 aliphatic heterocycles. The Morgan fingerprint density at radius 3 is 2.43 bits per heavy atom. The molecule has 0 unspecified atom stereocenters. The maximum absolute atomic E-state index is 13.6. The van der Waals surface area contributed by atoms with Crippen LogP contribution in [0.5, 0.6) is 5.75 Å². The molecule has 2 aromatic heterocycles. The Bertz CT molecular complexity index is 1020. The number of likely N-dealkylation sites (N-methyl/N-ethyl adjacent to an activating group) is 1. The van der Waals surface area contributed by atoms with Gasteiger partial charge in [0.05, 0.1) is 24.4 Å². The smallest absolute Gasteiger partial charge is 0.260 e. The summed E-state index contributed by atoms with van der Waals surface area (Å²) in [5.74, 6) is 0.768. The highest BCUT2D eigenvalue weighted by Crippen LogP contribution is 2.33. The molecule has 1 aromatic carbocycles. The first-order valence-electron chi connectivity index (χ1n) is 10.6. The normalized spacial score (nSPS) is 16.6. The van der Waals surface area contributed by atoms with Crippen molar-refractivity contribution in [2.75, 3.05) is 32.7 Å². The van der Waals surface area contributed by atoms with Crippen LogP contribution in [-0.4, -0.2) is 52.2 Å². The standard InChI is InChI=1S/C24H29N3O3/c1-3-25-11-13-26(14-12-25)23(19-8-5-4-6-9-19)22-21(28)16-18(2)27(24(22)29)17-20-10-7-15-30-20/h4-10,15-16,23,28H,3,11-14,17H2,1-2H3/t23-/m0/s1. The Balaban J connectivity index is 1.79. The number of furan rings is 1. The van der Waals surface area contributed by atoms with Crippen LogP contribution in [0.2, 0.25) is 0 Å². The fourth-order valence-corrected chi connectivity index (χ4v) is 4.31. The fourth-order valence-electron chi connectivity index (χ4n) is 4.31. The lowest BCUT2D eigenvalue weighted by molar-refractivity contribution is 0.111. The van der Waals surface area contributed by atoms with Gasteiger partial charge in [0.1, 0.15) is 11.5 Å². The first kappa shape index (κ1) is 20.4. The SMILES string of the molecule is CCN1CCN([C@@H](c2ccccc2)c2c(O)cc(C)n(Cc3ccco3)c2=O)CC1. The van der Waals surface area contributed by atoms with Crippen LogP contribution in [-0.2, 0) is 6.54 Å². The summed E-state index contributed by atoms with van der Waals surface area (Å²) in [4.78, 5) is 18.4. The van der Waals surface area contributed by atoms with E-state index in [0.29, 0.717) is 23.6 Å². The molecule has 158 valence electrons. The molecule has 1 saturated heterocycles. The minimum atomic E-state index is -0.291. The fraction of sp³-hybridized carbons (Fsp3) is 0.375. The predicted octanol–water partition coefficient (Wildman–Crippen LogP) is 3.23. The second-order valence-electron chi connectivity index (χ2n) is 7.84. The number of hydrogen-bond acceptors (Lipinski definition) is 5. The molecule has 0 aliphatic carbocycles. The van der Waals surface area contributed by atoms with Gasteiger partial charge in [0, 0.05) is 31.9 Å². The van der Waals surface area contributed by atoms with Crippen molar-refractivity contribution >= 4 is 0 Å². The summed E-state index contributed by atoms with van der Waals surface area (Å²) in [6.07, 6.45) is 1.61. The molecule has 6 nitrogen and oxygen atoms in total. The molecule has 0 amide bonds. The zero-order valence-electron chi connectivity index (χ0n) is 17.6. The summed E-state index contributed by atoms with van der Waals surface area (Å²) < 4.78 is 7.15. The van der Waals surface area contributed by atoms with Gasteiger partial charge in [-0.15, -0.1) is 0 Å².